The molecule has 0 saturated heterocycles. The van der Waals surface area contributed by atoms with Gasteiger partial charge in [0.15, 0.2) is 17.5 Å². The van der Waals surface area contributed by atoms with Gasteiger partial charge in [-0.2, -0.15) is 0 Å². The van der Waals surface area contributed by atoms with Crippen molar-refractivity contribution in [1.29, 1.82) is 0 Å². The maximum atomic E-state index is 5.61. The maximum Gasteiger partial charge on any atom is 0.191 e. The first-order valence-corrected chi connectivity index (χ1v) is 9.83. The smallest absolute Gasteiger partial charge is 0.191 e. The monoisotopic (exact) mass is 522 g/mol. The molecule has 2 N–H and O–H groups in total. The second-order valence-corrected chi connectivity index (χ2v) is 7.30. The minimum atomic E-state index is 0. The molecule has 0 radical (unpaired) electrons. The van der Waals surface area contributed by atoms with Gasteiger partial charge in [-0.25, -0.2) is 0 Å². The largest absolute Gasteiger partial charge is 0.493 e. The molecule has 1 unspecified atom stereocenters. The Morgan fingerprint density at radius 3 is 2.34 bits per heavy atom. The van der Waals surface area contributed by atoms with E-state index in [1.165, 1.54) is 0 Å². The predicted molar refractivity (Wildman–Crippen MR) is 131 cm³/mol. The SMILES string of the molecule is CN=C(NCCCOCC(C)C)NCC(c1ccc(OC)c(OC)c1)N(C)C.I. The van der Waals surface area contributed by atoms with Gasteiger partial charge in [0.05, 0.1) is 20.3 Å². The maximum absolute atomic E-state index is 5.61. The molecule has 0 heterocycles. The van der Waals surface area contributed by atoms with Crippen molar-refractivity contribution in [2.75, 3.05) is 61.7 Å². The minimum absolute atomic E-state index is 0. The molecule has 0 saturated carbocycles. The molecule has 1 rings (SSSR count). The van der Waals surface area contributed by atoms with E-state index in [1.54, 1.807) is 21.3 Å². The standard InChI is InChI=1S/C21H38N4O3.HI/c1-16(2)15-28-12-8-11-23-21(22-3)24-14-18(25(4)5)17-9-10-19(26-6)20(13-17)27-7;/h9-10,13,16,18H,8,11-12,14-15H2,1-7H3,(H2,22,23,24);1H. The van der Waals surface area contributed by atoms with Crippen molar-refractivity contribution < 1.29 is 14.2 Å². The Morgan fingerprint density at radius 1 is 1.10 bits per heavy atom. The number of ether oxygens (including phenoxy) is 3. The lowest BCUT2D eigenvalue weighted by Crippen LogP contribution is -2.42. The van der Waals surface area contributed by atoms with Crippen molar-refractivity contribution in [3.05, 3.63) is 23.8 Å². The lowest BCUT2D eigenvalue weighted by Gasteiger charge is -2.26. The molecule has 1 atom stereocenters. The topological polar surface area (TPSA) is 67.4 Å². The third kappa shape index (κ3) is 10.4. The highest BCUT2D eigenvalue weighted by Crippen LogP contribution is 2.31. The van der Waals surface area contributed by atoms with Crippen molar-refractivity contribution in [2.24, 2.45) is 10.9 Å². The van der Waals surface area contributed by atoms with Gasteiger partial charge in [-0.05, 0) is 44.1 Å². The Kier molecular flexibility index (Phi) is 14.9. The highest BCUT2D eigenvalue weighted by Gasteiger charge is 2.17. The van der Waals surface area contributed by atoms with E-state index < -0.39 is 0 Å². The molecule has 7 nitrogen and oxygen atoms in total. The average molecular weight is 522 g/mol. The first-order valence-electron chi connectivity index (χ1n) is 9.83. The summed E-state index contributed by atoms with van der Waals surface area (Å²) >= 11 is 0. The fourth-order valence-corrected chi connectivity index (χ4v) is 2.77. The summed E-state index contributed by atoms with van der Waals surface area (Å²) in [6.45, 7) is 7.41. The molecule has 1 aromatic carbocycles. The molecular weight excluding hydrogens is 483 g/mol. The molecule has 0 amide bonds. The number of nitrogens with one attached hydrogen (secondary N) is 2. The minimum Gasteiger partial charge on any atom is -0.493 e. The lowest BCUT2D eigenvalue weighted by molar-refractivity contribution is 0.108. The zero-order valence-corrected chi connectivity index (χ0v) is 21.3. The Bertz CT molecular complexity index is 597. The normalized spacial score (nSPS) is 12.5. The van der Waals surface area contributed by atoms with Crippen LogP contribution < -0.4 is 20.1 Å². The van der Waals surface area contributed by atoms with Crippen LogP contribution in [0.5, 0.6) is 11.5 Å². The summed E-state index contributed by atoms with van der Waals surface area (Å²) in [5.74, 6) is 2.82. The van der Waals surface area contributed by atoms with E-state index in [0.29, 0.717) is 12.5 Å². The van der Waals surface area contributed by atoms with Crippen molar-refractivity contribution >= 4 is 29.9 Å². The van der Waals surface area contributed by atoms with Crippen LogP contribution in [0.25, 0.3) is 0 Å². The Morgan fingerprint density at radius 2 is 1.79 bits per heavy atom. The number of hydrogen-bond donors (Lipinski definition) is 2. The van der Waals surface area contributed by atoms with E-state index in [1.807, 2.05) is 12.1 Å². The lowest BCUT2D eigenvalue weighted by atomic mass is 10.1. The van der Waals surface area contributed by atoms with Crippen LogP contribution in [0.15, 0.2) is 23.2 Å². The van der Waals surface area contributed by atoms with E-state index in [9.17, 15) is 0 Å². The van der Waals surface area contributed by atoms with Crippen molar-refractivity contribution in [3.8, 4) is 11.5 Å². The van der Waals surface area contributed by atoms with Crippen molar-refractivity contribution in [2.45, 2.75) is 26.3 Å². The Hall–Kier alpha value is -1.26. The fraction of sp³-hybridized carbons (Fsp3) is 0.667. The summed E-state index contributed by atoms with van der Waals surface area (Å²) in [4.78, 5) is 6.48. The van der Waals surface area contributed by atoms with E-state index in [-0.39, 0.29) is 30.0 Å². The summed E-state index contributed by atoms with van der Waals surface area (Å²) in [6.07, 6.45) is 0.945. The van der Waals surface area contributed by atoms with Gasteiger partial charge in [-0.1, -0.05) is 19.9 Å². The van der Waals surface area contributed by atoms with Gasteiger partial charge in [0.25, 0.3) is 0 Å². The first-order chi connectivity index (χ1) is 13.4. The van der Waals surface area contributed by atoms with Crippen LogP contribution in [0.2, 0.25) is 0 Å². The summed E-state index contributed by atoms with van der Waals surface area (Å²) in [6, 6.07) is 6.19. The highest BCUT2D eigenvalue weighted by atomic mass is 127. The predicted octanol–water partition coefficient (Wildman–Crippen LogP) is 3.15. The zero-order chi connectivity index (χ0) is 20.9. The second kappa shape index (κ2) is 15.6. The van der Waals surface area contributed by atoms with Gasteiger partial charge >= 0.3 is 0 Å². The highest BCUT2D eigenvalue weighted by molar-refractivity contribution is 14.0. The average Bonchev–Trinajstić information content (AvgIpc) is 2.68. The third-order valence-corrected chi connectivity index (χ3v) is 4.31. The fourth-order valence-electron chi connectivity index (χ4n) is 2.77. The molecule has 0 spiro atoms. The molecular formula is C21H39IN4O3. The van der Waals surface area contributed by atoms with Gasteiger partial charge < -0.3 is 29.7 Å². The molecule has 168 valence electrons. The van der Waals surface area contributed by atoms with Crippen molar-refractivity contribution in [1.82, 2.24) is 15.5 Å². The van der Waals surface area contributed by atoms with Gasteiger partial charge in [0, 0.05) is 33.4 Å². The number of nitrogens with zero attached hydrogens (tertiary/aromatic N) is 2. The van der Waals surface area contributed by atoms with E-state index in [2.05, 4.69) is 54.5 Å². The van der Waals surface area contributed by atoms with Crippen molar-refractivity contribution in [3.63, 3.8) is 0 Å². The van der Waals surface area contributed by atoms with E-state index >= 15 is 0 Å². The van der Waals surface area contributed by atoms with Crippen LogP contribution in [0.4, 0.5) is 0 Å². The molecule has 0 aliphatic carbocycles. The summed E-state index contributed by atoms with van der Waals surface area (Å²) < 4.78 is 16.4. The molecule has 0 fully saturated rings. The number of methoxy groups -OCH3 is 2. The molecule has 1 aromatic rings. The molecule has 0 bridgehead atoms. The van der Waals surface area contributed by atoms with E-state index in [0.717, 1.165) is 49.2 Å². The second-order valence-electron chi connectivity index (χ2n) is 7.30. The van der Waals surface area contributed by atoms with Crippen LogP contribution in [0.3, 0.4) is 0 Å². The third-order valence-electron chi connectivity index (χ3n) is 4.31. The molecule has 8 heteroatoms. The summed E-state index contributed by atoms with van der Waals surface area (Å²) in [5, 5.41) is 6.75. The number of aliphatic imine (C=N–C) groups is 1. The van der Waals surface area contributed by atoms with Crippen LogP contribution >= 0.6 is 24.0 Å². The van der Waals surface area contributed by atoms with Gasteiger partial charge in [-0.15, -0.1) is 24.0 Å². The Labute approximate surface area is 193 Å². The number of halogens is 1. The van der Waals surface area contributed by atoms with Crippen LogP contribution in [0.1, 0.15) is 31.9 Å². The molecule has 0 aliphatic heterocycles. The summed E-state index contributed by atoms with van der Waals surface area (Å²) in [7, 11) is 9.20. The molecule has 0 aliphatic rings. The summed E-state index contributed by atoms with van der Waals surface area (Å²) in [5.41, 5.74) is 1.15. The van der Waals surface area contributed by atoms with Crippen LogP contribution in [0, 0.1) is 5.92 Å². The number of benzene rings is 1. The molecule has 0 aromatic heterocycles. The van der Waals surface area contributed by atoms with Gasteiger partial charge in [0.1, 0.15) is 0 Å². The number of likely N-dealkylation sites (N-methyl/N-ethyl adjacent to an activating group) is 1. The zero-order valence-electron chi connectivity index (χ0n) is 18.9. The molecule has 29 heavy (non-hydrogen) atoms. The first kappa shape index (κ1) is 27.7. The van der Waals surface area contributed by atoms with Gasteiger partial charge in [0.2, 0.25) is 0 Å². The Balaban J connectivity index is 0.00000784. The quantitative estimate of drug-likeness (QED) is 0.190. The number of rotatable bonds is 12. The number of hydrogen-bond acceptors (Lipinski definition) is 5. The number of guanidine groups is 1. The van der Waals surface area contributed by atoms with Crippen LogP contribution in [-0.4, -0.2) is 72.5 Å². The van der Waals surface area contributed by atoms with Gasteiger partial charge in [-0.3, -0.25) is 4.99 Å². The van der Waals surface area contributed by atoms with Crippen LogP contribution in [-0.2, 0) is 4.74 Å². The van der Waals surface area contributed by atoms with E-state index in [4.69, 9.17) is 14.2 Å².